The second-order valence-corrected chi connectivity index (χ2v) is 6.44. The maximum absolute atomic E-state index is 12.5. The second kappa shape index (κ2) is 6.63. The Kier molecular flexibility index (Phi) is 4.58. The third-order valence-corrected chi connectivity index (χ3v) is 5.07. The van der Waals surface area contributed by atoms with Crippen molar-refractivity contribution in [2.75, 3.05) is 19.6 Å². The fraction of sp³-hybridized carbons (Fsp3) is 0.400. The van der Waals surface area contributed by atoms with E-state index in [9.17, 15) is 9.59 Å². The predicted octanol–water partition coefficient (Wildman–Crippen LogP) is 3.11. The molecule has 1 aliphatic heterocycles. The smallest absolute Gasteiger partial charge is 0.185 e. The zero-order valence-electron chi connectivity index (χ0n) is 13.9. The molecule has 0 spiro atoms. The van der Waals surface area contributed by atoms with E-state index in [0.29, 0.717) is 24.0 Å². The highest BCUT2D eigenvalue weighted by molar-refractivity contribution is 6.24. The van der Waals surface area contributed by atoms with Crippen LogP contribution in [-0.2, 0) is 16.0 Å². The van der Waals surface area contributed by atoms with Crippen molar-refractivity contribution in [3.05, 3.63) is 58.2 Å². The lowest BCUT2D eigenvalue weighted by Gasteiger charge is -2.19. The summed E-state index contributed by atoms with van der Waals surface area (Å²) < 4.78 is 0. The Morgan fingerprint density at radius 2 is 1.39 bits per heavy atom. The normalized spacial score (nSPS) is 19.9. The summed E-state index contributed by atoms with van der Waals surface area (Å²) in [5, 5.41) is 0. The molecule has 3 nitrogen and oxygen atoms in total. The van der Waals surface area contributed by atoms with Crippen LogP contribution in [0.2, 0.25) is 0 Å². The maximum atomic E-state index is 12.5. The molecule has 0 saturated carbocycles. The van der Waals surface area contributed by atoms with Crippen LogP contribution in [-0.4, -0.2) is 36.1 Å². The Bertz CT molecular complexity index is 660. The van der Waals surface area contributed by atoms with Crippen LogP contribution < -0.4 is 0 Å². The van der Waals surface area contributed by atoms with E-state index < -0.39 is 0 Å². The minimum absolute atomic E-state index is 0.0852. The van der Waals surface area contributed by atoms with E-state index in [4.69, 9.17) is 0 Å². The lowest BCUT2D eigenvalue weighted by Crippen LogP contribution is -2.27. The van der Waals surface area contributed by atoms with E-state index in [1.165, 1.54) is 5.56 Å². The Morgan fingerprint density at radius 1 is 0.870 bits per heavy atom. The van der Waals surface area contributed by atoms with Crippen LogP contribution in [0.3, 0.4) is 0 Å². The number of hydrogen-bond donors (Lipinski definition) is 0. The molecule has 3 rings (SSSR count). The summed E-state index contributed by atoms with van der Waals surface area (Å²) >= 11 is 0. The molecule has 1 aromatic carbocycles. The Balaban J connectivity index is 1.66. The molecule has 0 amide bonds. The average Bonchev–Trinajstić information content (AvgIpc) is 2.80. The van der Waals surface area contributed by atoms with E-state index >= 15 is 0 Å². The molecule has 3 heteroatoms. The van der Waals surface area contributed by atoms with Crippen molar-refractivity contribution in [1.82, 2.24) is 4.90 Å². The number of rotatable bonds is 3. The van der Waals surface area contributed by atoms with Gasteiger partial charge in [0, 0.05) is 41.9 Å². The van der Waals surface area contributed by atoms with Crippen molar-refractivity contribution in [1.29, 1.82) is 0 Å². The number of carbonyl (C=O) groups excluding carboxylic acids is 2. The van der Waals surface area contributed by atoms with Gasteiger partial charge < -0.3 is 4.90 Å². The van der Waals surface area contributed by atoms with Crippen LogP contribution >= 0.6 is 0 Å². The molecule has 0 aromatic heterocycles. The summed E-state index contributed by atoms with van der Waals surface area (Å²) in [4.78, 5) is 27.3. The van der Waals surface area contributed by atoms with Crippen LogP contribution in [0.5, 0.6) is 0 Å². The first kappa shape index (κ1) is 15.9. The first-order chi connectivity index (χ1) is 11.1. The summed E-state index contributed by atoms with van der Waals surface area (Å²) in [5.74, 6) is 0.170. The van der Waals surface area contributed by atoms with Gasteiger partial charge in [0.25, 0.3) is 0 Å². The van der Waals surface area contributed by atoms with Crippen LogP contribution in [0.1, 0.15) is 32.3 Å². The molecule has 0 saturated heterocycles. The van der Waals surface area contributed by atoms with E-state index in [0.717, 1.165) is 37.2 Å². The minimum atomic E-state index is 0.0852. The highest BCUT2D eigenvalue weighted by atomic mass is 16.1. The minimum Gasteiger partial charge on any atom is -0.302 e. The molecule has 1 aliphatic carbocycles. The molecule has 0 N–H and O–H groups in total. The largest absolute Gasteiger partial charge is 0.302 e. The average molecular weight is 309 g/mol. The van der Waals surface area contributed by atoms with E-state index in [1.54, 1.807) is 13.8 Å². The summed E-state index contributed by atoms with van der Waals surface area (Å²) in [6.45, 7) is 6.24. The van der Waals surface area contributed by atoms with Gasteiger partial charge in [0.15, 0.2) is 11.6 Å². The number of hydrogen-bond acceptors (Lipinski definition) is 3. The first-order valence-electron chi connectivity index (χ1n) is 8.33. The van der Waals surface area contributed by atoms with Crippen molar-refractivity contribution in [3.63, 3.8) is 0 Å². The zero-order chi connectivity index (χ0) is 16.4. The zero-order valence-corrected chi connectivity index (χ0v) is 13.9. The van der Waals surface area contributed by atoms with E-state index in [2.05, 4.69) is 29.2 Å². The monoisotopic (exact) mass is 309 g/mol. The number of Topliss-reactive ketones (excluding diaryl/α,β-unsaturated/α-hetero) is 2. The van der Waals surface area contributed by atoms with E-state index in [-0.39, 0.29) is 11.6 Å². The summed E-state index contributed by atoms with van der Waals surface area (Å²) in [6.07, 6.45) is 2.39. The molecule has 0 bridgehead atoms. The van der Waals surface area contributed by atoms with Crippen molar-refractivity contribution < 1.29 is 9.59 Å². The van der Waals surface area contributed by atoms with Crippen LogP contribution in [0, 0.1) is 0 Å². The van der Waals surface area contributed by atoms with Gasteiger partial charge >= 0.3 is 0 Å². The predicted molar refractivity (Wildman–Crippen MR) is 91.2 cm³/mol. The first-order valence-corrected chi connectivity index (χ1v) is 8.33. The SMILES string of the molecule is CC1=C(C)C(=O)C2=C(CCN(CCc3ccccc3)CC2)C1=O. The topological polar surface area (TPSA) is 37.4 Å². The summed E-state index contributed by atoms with van der Waals surface area (Å²) in [5.41, 5.74) is 4.12. The molecule has 1 heterocycles. The molecule has 0 radical (unpaired) electrons. The van der Waals surface area contributed by atoms with Gasteiger partial charge in [-0.3, -0.25) is 9.59 Å². The van der Waals surface area contributed by atoms with Crippen LogP contribution in [0.25, 0.3) is 0 Å². The molecule has 0 atom stereocenters. The number of benzene rings is 1. The van der Waals surface area contributed by atoms with Gasteiger partial charge in [0.05, 0.1) is 0 Å². The summed E-state index contributed by atoms with van der Waals surface area (Å²) in [6, 6.07) is 10.4. The van der Waals surface area contributed by atoms with Gasteiger partial charge in [0.2, 0.25) is 0 Å². The molecule has 120 valence electrons. The van der Waals surface area contributed by atoms with Crippen molar-refractivity contribution in [2.24, 2.45) is 0 Å². The number of carbonyl (C=O) groups is 2. The van der Waals surface area contributed by atoms with Gasteiger partial charge in [-0.2, -0.15) is 0 Å². The Hall–Kier alpha value is -2.00. The number of allylic oxidation sites excluding steroid dienone is 2. The van der Waals surface area contributed by atoms with Crippen LogP contribution in [0.15, 0.2) is 52.6 Å². The van der Waals surface area contributed by atoms with Gasteiger partial charge in [-0.25, -0.2) is 0 Å². The molecule has 2 aliphatic rings. The fourth-order valence-electron chi connectivity index (χ4n) is 3.40. The van der Waals surface area contributed by atoms with Crippen LogP contribution in [0.4, 0.5) is 0 Å². The highest BCUT2D eigenvalue weighted by Crippen LogP contribution is 2.30. The maximum Gasteiger partial charge on any atom is 0.185 e. The van der Waals surface area contributed by atoms with Gasteiger partial charge in [-0.1, -0.05) is 30.3 Å². The van der Waals surface area contributed by atoms with Crippen molar-refractivity contribution in [3.8, 4) is 0 Å². The number of ketones is 2. The second-order valence-electron chi connectivity index (χ2n) is 6.44. The number of nitrogens with zero attached hydrogens (tertiary/aromatic N) is 1. The Morgan fingerprint density at radius 3 is 1.91 bits per heavy atom. The fourth-order valence-corrected chi connectivity index (χ4v) is 3.40. The van der Waals surface area contributed by atoms with E-state index in [1.807, 2.05) is 6.07 Å². The van der Waals surface area contributed by atoms with Crippen molar-refractivity contribution in [2.45, 2.75) is 33.1 Å². The Labute approximate surface area is 137 Å². The summed E-state index contributed by atoms with van der Waals surface area (Å²) in [7, 11) is 0. The standard InChI is InChI=1S/C20H23NO2/c1-14-15(2)20(23)18-10-13-21(12-9-17(18)19(14)22)11-8-16-6-4-3-5-7-16/h3-7H,8-13H2,1-2H3. The quantitative estimate of drug-likeness (QED) is 0.805. The molecular formula is C20H23NO2. The van der Waals surface area contributed by atoms with Gasteiger partial charge in [-0.05, 0) is 38.7 Å². The molecule has 1 aromatic rings. The third-order valence-electron chi connectivity index (χ3n) is 5.07. The third kappa shape index (κ3) is 3.20. The highest BCUT2D eigenvalue weighted by Gasteiger charge is 2.31. The molecule has 0 unspecified atom stereocenters. The van der Waals surface area contributed by atoms with Gasteiger partial charge in [-0.15, -0.1) is 0 Å². The van der Waals surface area contributed by atoms with Gasteiger partial charge in [0.1, 0.15) is 0 Å². The van der Waals surface area contributed by atoms with Crippen molar-refractivity contribution >= 4 is 11.6 Å². The molecule has 23 heavy (non-hydrogen) atoms. The molecule has 0 fully saturated rings. The molecular weight excluding hydrogens is 286 g/mol. The lowest BCUT2D eigenvalue weighted by molar-refractivity contribution is -0.116. The lowest BCUT2D eigenvalue weighted by atomic mass is 9.83.